The number of carbonyl (C=O) groups excluding carboxylic acids is 1. The maximum Gasteiger partial charge on any atom is 0.416 e. The number of carbonyl (C=O) groups is 1. The minimum absolute atomic E-state index is 0.0250. The molecule has 0 aliphatic rings. The maximum absolute atomic E-state index is 13.0. The number of benzene rings is 2. The van der Waals surface area contributed by atoms with Crippen LogP contribution in [-0.2, 0) is 11.0 Å². The molecule has 0 radical (unpaired) electrons. The Labute approximate surface area is 193 Å². The molecule has 1 heterocycles. The van der Waals surface area contributed by atoms with Gasteiger partial charge in [-0.25, -0.2) is 0 Å². The van der Waals surface area contributed by atoms with Gasteiger partial charge in [-0.3, -0.25) is 14.4 Å². The van der Waals surface area contributed by atoms with Crippen molar-refractivity contribution in [2.24, 2.45) is 4.99 Å². The van der Waals surface area contributed by atoms with Crippen molar-refractivity contribution >= 4 is 35.1 Å². The van der Waals surface area contributed by atoms with Gasteiger partial charge in [0.2, 0.25) is 5.91 Å². The number of halogens is 3. The minimum atomic E-state index is -4.45. The first-order valence-corrected chi connectivity index (χ1v) is 10.7. The van der Waals surface area contributed by atoms with Gasteiger partial charge in [0, 0.05) is 30.2 Å². The highest BCUT2D eigenvalue weighted by molar-refractivity contribution is 7.99. The van der Waals surface area contributed by atoms with Gasteiger partial charge in [-0.15, -0.1) is 10.2 Å². The number of allylic oxidation sites excluding steroid dienone is 3. The number of alkyl halides is 3. The summed E-state index contributed by atoms with van der Waals surface area (Å²) in [6.07, 6.45) is 0.297. The van der Waals surface area contributed by atoms with E-state index in [2.05, 4.69) is 27.1 Å². The van der Waals surface area contributed by atoms with Crippen molar-refractivity contribution in [1.29, 1.82) is 0 Å². The molecule has 1 amide bonds. The normalized spacial score (nSPS) is 12.2. The summed E-state index contributed by atoms with van der Waals surface area (Å²) in [7, 11) is 1.60. The van der Waals surface area contributed by atoms with Crippen LogP contribution in [0.3, 0.4) is 0 Å². The number of hydrogen-bond acceptors (Lipinski definition) is 5. The zero-order valence-corrected chi connectivity index (χ0v) is 18.4. The highest BCUT2D eigenvalue weighted by Gasteiger charge is 2.30. The van der Waals surface area contributed by atoms with E-state index in [1.165, 1.54) is 12.1 Å². The third kappa shape index (κ3) is 6.19. The van der Waals surface area contributed by atoms with Gasteiger partial charge in [-0.1, -0.05) is 42.6 Å². The highest BCUT2D eigenvalue weighted by atomic mass is 32.2. The summed E-state index contributed by atoms with van der Waals surface area (Å²) in [5.41, 5.74) is 0.863. The highest BCUT2D eigenvalue weighted by Crippen LogP contribution is 2.31. The molecule has 0 aliphatic carbocycles. The van der Waals surface area contributed by atoms with E-state index in [4.69, 9.17) is 0 Å². The molecule has 1 aromatic heterocycles. The summed E-state index contributed by atoms with van der Waals surface area (Å²) in [6, 6.07) is 13.6. The lowest BCUT2D eigenvalue weighted by Crippen LogP contribution is -2.14. The van der Waals surface area contributed by atoms with Gasteiger partial charge in [0.05, 0.1) is 11.3 Å². The van der Waals surface area contributed by atoms with Crippen LogP contribution in [0.2, 0.25) is 0 Å². The molecule has 0 atom stereocenters. The van der Waals surface area contributed by atoms with Crippen LogP contribution < -0.4 is 5.32 Å². The summed E-state index contributed by atoms with van der Waals surface area (Å²) < 4.78 is 40.6. The van der Waals surface area contributed by atoms with Crippen LogP contribution >= 0.6 is 11.8 Å². The van der Waals surface area contributed by atoms with E-state index < -0.39 is 11.7 Å². The van der Waals surface area contributed by atoms with Gasteiger partial charge in [0.15, 0.2) is 11.0 Å². The topological polar surface area (TPSA) is 72.2 Å². The van der Waals surface area contributed by atoms with Crippen LogP contribution in [0.25, 0.3) is 11.3 Å². The van der Waals surface area contributed by atoms with Crippen molar-refractivity contribution in [3.63, 3.8) is 0 Å². The molecular weight excluding hydrogens is 451 g/mol. The zero-order chi connectivity index (χ0) is 23.8. The summed E-state index contributed by atoms with van der Waals surface area (Å²) in [6.45, 7) is 3.77. The van der Waals surface area contributed by atoms with Crippen molar-refractivity contribution in [1.82, 2.24) is 14.8 Å². The van der Waals surface area contributed by atoms with Gasteiger partial charge in [-0.2, -0.15) is 13.2 Å². The zero-order valence-electron chi connectivity index (χ0n) is 17.6. The number of rotatable bonds is 8. The van der Waals surface area contributed by atoms with Crippen molar-refractivity contribution in [3.8, 4) is 5.69 Å². The Morgan fingerprint density at radius 1 is 1.15 bits per heavy atom. The minimum Gasteiger partial charge on any atom is -0.325 e. The molecule has 1 N–H and O–H groups in total. The fraction of sp³-hybridized carbons (Fsp3) is 0.130. The van der Waals surface area contributed by atoms with Crippen LogP contribution in [0, 0.1) is 0 Å². The first kappa shape index (κ1) is 24.0. The Morgan fingerprint density at radius 3 is 2.45 bits per heavy atom. The van der Waals surface area contributed by atoms with Gasteiger partial charge in [-0.05, 0) is 42.5 Å². The molecule has 6 nitrogen and oxygen atoms in total. The molecule has 3 aromatic rings. The van der Waals surface area contributed by atoms with E-state index >= 15 is 0 Å². The molecule has 0 saturated carbocycles. The fourth-order valence-electron chi connectivity index (χ4n) is 2.82. The molecule has 170 valence electrons. The molecule has 0 fully saturated rings. The van der Waals surface area contributed by atoms with Gasteiger partial charge >= 0.3 is 6.18 Å². The lowest BCUT2D eigenvalue weighted by atomic mass is 10.2. The summed E-state index contributed by atoms with van der Waals surface area (Å²) in [4.78, 5) is 16.3. The summed E-state index contributed by atoms with van der Waals surface area (Å²) >= 11 is 1.11. The molecule has 0 bridgehead atoms. The monoisotopic (exact) mass is 471 g/mol. The first-order valence-electron chi connectivity index (χ1n) is 9.69. The van der Waals surface area contributed by atoms with Crippen LogP contribution in [0.15, 0.2) is 83.5 Å². The van der Waals surface area contributed by atoms with E-state index in [9.17, 15) is 18.0 Å². The molecular formula is C23H20F3N5OS. The van der Waals surface area contributed by atoms with E-state index in [1.807, 2.05) is 6.07 Å². The lowest BCUT2D eigenvalue weighted by molar-refractivity contribution is -0.137. The second-order valence-electron chi connectivity index (χ2n) is 6.62. The van der Waals surface area contributed by atoms with E-state index in [0.717, 1.165) is 23.9 Å². The van der Waals surface area contributed by atoms with Gasteiger partial charge in [0.1, 0.15) is 0 Å². The van der Waals surface area contributed by atoms with Crippen molar-refractivity contribution in [2.75, 3.05) is 18.1 Å². The Hall–Kier alpha value is -3.66. The van der Waals surface area contributed by atoms with Crippen LogP contribution in [0.4, 0.5) is 18.9 Å². The predicted molar refractivity (Wildman–Crippen MR) is 125 cm³/mol. The lowest BCUT2D eigenvalue weighted by Gasteiger charge is -2.12. The summed E-state index contributed by atoms with van der Waals surface area (Å²) in [5.74, 6) is 0.125. The number of anilines is 1. The number of aliphatic imine (C=N–C) groups is 1. The molecule has 0 saturated heterocycles. The number of aromatic nitrogens is 3. The second-order valence-corrected chi connectivity index (χ2v) is 7.57. The number of para-hydroxylation sites is 1. The first-order chi connectivity index (χ1) is 15.8. The van der Waals surface area contributed by atoms with Crippen molar-refractivity contribution < 1.29 is 18.0 Å². The number of nitrogens with zero attached hydrogens (tertiary/aromatic N) is 4. The Kier molecular flexibility index (Phi) is 7.83. The third-order valence-electron chi connectivity index (χ3n) is 4.36. The van der Waals surface area contributed by atoms with Crippen molar-refractivity contribution in [2.45, 2.75) is 11.3 Å². The smallest absolute Gasteiger partial charge is 0.325 e. The van der Waals surface area contributed by atoms with Crippen LogP contribution in [-0.4, -0.2) is 39.7 Å². The number of amides is 1. The third-order valence-corrected chi connectivity index (χ3v) is 5.29. The predicted octanol–water partition coefficient (Wildman–Crippen LogP) is 5.29. The van der Waals surface area contributed by atoms with E-state index in [0.29, 0.717) is 27.9 Å². The number of nitrogens with one attached hydrogen (secondary N) is 1. The molecule has 3 rings (SSSR count). The number of hydrogen-bond donors (Lipinski definition) is 1. The second kappa shape index (κ2) is 10.8. The maximum atomic E-state index is 13.0. The fourth-order valence-corrected chi connectivity index (χ4v) is 3.57. The average molecular weight is 472 g/mol. The Balaban J connectivity index is 1.93. The molecule has 0 spiro atoms. The molecule has 33 heavy (non-hydrogen) atoms. The van der Waals surface area contributed by atoms with Crippen LogP contribution in [0.5, 0.6) is 0 Å². The van der Waals surface area contributed by atoms with E-state index in [-0.39, 0.29) is 11.7 Å². The van der Waals surface area contributed by atoms with Gasteiger partial charge in [0.25, 0.3) is 0 Å². The van der Waals surface area contributed by atoms with Gasteiger partial charge < -0.3 is 5.32 Å². The Bertz CT molecular complexity index is 1170. The van der Waals surface area contributed by atoms with Crippen molar-refractivity contribution in [3.05, 3.63) is 84.7 Å². The number of thioether (sulfide) groups is 1. The SMILES string of the molecule is C=C/C(=C\C=NC)c1nnc(SCC(=O)Nc2ccccc2)n1-c1ccc(C(F)(F)F)cc1. The quantitative estimate of drug-likeness (QED) is 0.275. The average Bonchev–Trinajstić information content (AvgIpc) is 3.22. The Morgan fingerprint density at radius 2 is 1.85 bits per heavy atom. The van der Waals surface area contributed by atoms with E-state index in [1.54, 1.807) is 54.2 Å². The molecule has 10 heteroatoms. The molecule has 2 aromatic carbocycles. The molecule has 0 aliphatic heterocycles. The standard InChI is InChI=1S/C23H20F3N5OS/c1-3-16(13-14-27-2)21-29-30-22(33-15-20(32)28-18-7-5-4-6-8-18)31(21)19-11-9-17(10-12-19)23(24,25)26/h3-14H,1,15H2,2H3,(H,28,32)/b16-13+,27-14?. The molecule has 0 unspecified atom stereocenters. The largest absolute Gasteiger partial charge is 0.416 e. The van der Waals surface area contributed by atoms with Crippen LogP contribution in [0.1, 0.15) is 11.4 Å². The summed E-state index contributed by atoms with van der Waals surface area (Å²) in [5, 5.41) is 11.5.